The van der Waals surface area contributed by atoms with E-state index in [2.05, 4.69) is 0 Å². The number of furan rings is 1. The lowest BCUT2D eigenvalue weighted by Gasteiger charge is -2.18. The van der Waals surface area contributed by atoms with Crippen LogP contribution in [0.15, 0.2) is 151 Å². The highest BCUT2D eigenvalue weighted by Crippen LogP contribution is 2.46. The van der Waals surface area contributed by atoms with Gasteiger partial charge in [0.2, 0.25) is 0 Å². The topological polar surface area (TPSA) is 13.1 Å². The van der Waals surface area contributed by atoms with Crippen LogP contribution in [-0.4, -0.2) is 0 Å². The van der Waals surface area contributed by atoms with Crippen LogP contribution in [0.2, 0.25) is 0 Å². The van der Waals surface area contributed by atoms with Gasteiger partial charge >= 0.3 is 0 Å². The van der Waals surface area contributed by atoms with Gasteiger partial charge in [-0.05, 0) is 73.1 Å². The van der Waals surface area contributed by atoms with E-state index in [1.165, 1.54) is 12.1 Å². The molecule has 39 heavy (non-hydrogen) atoms. The third kappa shape index (κ3) is 3.63. The normalized spacial score (nSPS) is 19.8. The van der Waals surface area contributed by atoms with Gasteiger partial charge in [-0.15, -0.1) is 0 Å². The number of benzene rings is 6. The molecule has 7 aromatic rings. The summed E-state index contributed by atoms with van der Waals surface area (Å²) in [6.45, 7) is 1.22. The summed E-state index contributed by atoms with van der Waals surface area (Å²) in [6, 6.07) is -2.19. The van der Waals surface area contributed by atoms with Gasteiger partial charge in [0.15, 0.2) is 0 Å². The summed E-state index contributed by atoms with van der Waals surface area (Å²) < 4.78 is 162. The number of para-hydroxylation sites is 1. The number of hydrogen-bond donors (Lipinski definition) is 0. The highest BCUT2D eigenvalue weighted by Gasteiger charge is 2.20. The molecular formula is C38H26O. The molecule has 1 nitrogen and oxygen atoms in total. The standard InChI is InChI=1S/C38H26O/c1-3-14-25(4-2)33-23-27(24-35-38(33)32-21-12-13-22-34(32)39-35)37-30-19-10-8-17-28(30)36(26-15-6-5-7-16-26)29-18-9-11-20-31(29)37/h3-24H,1-2H2/b25-14+/i1D,2D,3D,4D,5D,6D,7D,8D,9D,10D,11D,14D,15D,16D,17D,18D,19D,20D/b3-1?,4-2?,25-14+. The van der Waals surface area contributed by atoms with Gasteiger partial charge in [-0.3, -0.25) is 0 Å². The maximum absolute atomic E-state index is 9.27. The number of allylic oxidation sites excluding steroid dienone is 4. The van der Waals surface area contributed by atoms with Crippen molar-refractivity contribution in [3.05, 3.63) is 152 Å². The van der Waals surface area contributed by atoms with Gasteiger partial charge in [0, 0.05) is 10.8 Å². The van der Waals surface area contributed by atoms with Gasteiger partial charge in [0.1, 0.15) is 11.2 Å². The monoisotopic (exact) mass is 516 g/mol. The molecular weight excluding hydrogens is 472 g/mol. The average Bonchev–Trinajstić information content (AvgIpc) is 3.59. The molecule has 1 heteroatoms. The van der Waals surface area contributed by atoms with Crippen molar-refractivity contribution in [3.63, 3.8) is 0 Å². The zero-order valence-electron chi connectivity index (χ0n) is 38.0. The van der Waals surface area contributed by atoms with Crippen molar-refractivity contribution >= 4 is 49.1 Å². The molecule has 7 rings (SSSR count). The van der Waals surface area contributed by atoms with Crippen molar-refractivity contribution in [1.29, 1.82) is 0 Å². The van der Waals surface area contributed by atoms with Gasteiger partial charge in [-0.25, -0.2) is 0 Å². The van der Waals surface area contributed by atoms with E-state index in [4.69, 9.17) is 23.6 Å². The lowest BCUT2D eigenvalue weighted by Crippen LogP contribution is -1.92. The Morgan fingerprint density at radius 3 is 2.00 bits per heavy atom. The predicted octanol–water partition coefficient (Wildman–Crippen LogP) is 11.0. The van der Waals surface area contributed by atoms with E-state index in [1.807, 2.05) is 0 Å². The van der Waals surface area contributed by atoms with Gasteiger partial charge in [0.25, 0.3) is 0 Å². The molecule has 184 valence electrons. The Morgan fingerprint density at radius 1 is 0.692 bits per heavy atom. The van der Waals surface area contributed by atoms with Crippen LogP contribution in [0.5, 0.6) is 0 Å². The zero-order chi connectivity index (χ0) is 41.7. The van der Waals surface area contributed by atoms with E-state index in [-0.39, 0.29) is 38.6 Å². The first-order valence-electron chi connectivity index (χ1n) is 20.9. The molecule has 0 saturated heterocycles. The van der Waals surface area contributed by atoms with E-state index in [1.54, 1.807) is 24.3 Å². The SMILES string of the molecule is [2H]C=C([2H])/C([2H])=C(\C([2H])=C[2H])c1cc(-c2c3c([2H])c([2H])c([2H])c([2H])c3c(-c3c([2H])c([2H])c([2H])c([2H])c3[2H])c3c([2H])c([2H])c([2H])c([2H])c23)cc2oc3ccccc3c12. The summed E-state index contributed by atoms with van der Waals surface area (Å²) in [6.07, 6.45) is 0. The van der Waals surface area contributed by atoms with Gasteiger partial charge < -0.3 is 4.42 Å². The third-order valence-corrected chi connectivity index (χ3v) is 6.50. The smallest absolute Gasteiger partial charge is 0.136 e. The molecule has 0 N–H and O–H groups in total. The van der Waals surface area contributed by atoms with Crippen LogP contribution in [-0.2, 0) is 0 Å². The molecule has 0 saturated carbocycles. The molecule has 0 aliphatic carbocycles. The fourth-order valence-corrected chi connectivity index (χ4v) is 4.99. The van der Waals surface area contributed by atoms with Crippen LogP contribution >= 0.6 is 0 Å². The van der Waals surface area contributed by atoms with Crippen molar-refractivity contribution in [2.45, 2.75) is 0 Å². The Morgan fingerprint density at radius 2 is 1.33 bits per heavy atom. The van der Waals surface area contributed by atoms with Crippen LogP contribution in [0.25, 0.3) is 71.3 Å². The summed E-state index contributed by atoms with van der Waals surface area (Å²) in [5.74, 6) is 0. The maximum atomic E-state index is 9.27. The second-order valence-electron chi connectivity index (χ2n) is 8.53. The van der Waals surface area contributed by atoms with Gasteiger partial charge in [-0.2, -0.15) is 0 Å². The highest BCUT2D eigenvalue weighted by molar-refractivity contribution is 6.22. The van der Waals surface area contributed by atoms with Crippen LogP contribution in [0.3, 0.4) is 0 Å². The summed E-state index contributed by atoms with van der Waals surface area (Å²) in [4.78, 5) is 0. The molecule has 1 aromatic heterocycles. The number of hydrogen-bond acceptors (Lipinski definition) is 1. The van der Waals surface area contributed by atoms with Crippen molar-refractivity contribution in [2.24, 2.45) is 0 Å². The minimum absolute atomic E-state index is 0.00946. The number of fused-ring (bicyclic) bond motifs is 5. The van der Waals surface area contributed by atoms with E-state index in [9.17, 15) is 5.48 Å². The largest absolute Gasteiger partial charge is 0.456 e. The van der Waals surface area contributed by atoms with Gasteiger partial charge in [-0.1, -0.05) is 128 Å². The molecule has 0 unspecified atom stereocenters. The Balaban J connectivity index is 1.87. The minimum atomic E-state index is -0.798. The summed E-state index contributed by atoms with van der Waals surface area (Å²) in [5.41, 5.74) is -1.16. The highest BCUT2D eigenvalue weighted by atomic mass is 16.3. The zero-order valence-corrected chi connectivity index (χ0v) is 20.0. The van der Waals surface area contributed by atoms with E-state index in [0.29, 0.717) is 29.5 Å². The molecule has 0 spiro atoms. The van der Waals surface area contributed by atoms with Crippen molar-refractivity contribution in [2.75, 3.05) is 0 Å². The average molecular weight is 517 g/mol. The summed E-state index contributed by atoms with van der Waals surface area (Å²) in [7, 11) is 0. The Kier molecular flexibility index (Phi) is 2.61. The van der Waals surface area contributed by atoms with E-state index >= 15 is 0 Å². The Bertz CT molecular complexity index is 2940. The second-order valence-corrected chi connectivity index (χ2v) is 8.53. The predicted molar refractivity (Wildman–Crippen MR) is 168 cm³/mol. The van der Waals surface area contributed by atoms with Crippen molar-refractivity contribution in [1.82, 2.24) is 0 Å². The molecule has 6 aromatic carbocycles. The molecule has 0 fully saturated rings. The summed E-state index contributed by atoms with van der Waals surface area (Å²) >= 11 is 0. The number of rotatable bonds is 5. The van der Waals surface area contributed by atoms with Crippen LogP contribution in [0.1, 0.15) is 30.2 Å². The second kappa shape index (κ2) is 9.31. The Labute approximate surface area is 252 Å². The van der Waals surface area contributed by atoms with Crippen molar-refractivity contribution < 1.29 is 29.1 Å². The van der Waals surface area contributed by atoms with E-state index in [0.717, 1.165) is 0 Å². The quantitative estimate of drug-likeness (QED) is 0.164. The molecule has 0 atom stereocenters. The molecule has 0 aliphatic heterocycles. The van der Waals surface area contributed by atoms with Crippen LogP contribution in [0, 0.1) is 0 Å². The first kappa shape index (κ1) is 10.9. The molecule has 0 amide bonds. The maximum Gasteiger partial charge on any atom is 0.136 e. The molecule has 0 aliphatic rings. The molecule has 1 heterocycles. The molecule has 0 bridgehead atoms. The fourth-order valence-electron chi connectivity index (χ4n) is 4.99. The van der Waals surface area contributed by atoms with Crippen molar-refractivity contribution in [3.8, 4) is 22.3 Å². The van der Waals surface area contributed by atoms with Gasteiger partial charge in [0.05, 0.1) is 24.7 Å². The first-order valence-corrected chi connectivity index (χ1v) is 11.7. The van der Waals surface area contributed by atoms with E-state index < -0.39 is 119 Å². The summed E-state index contributed by atoms with van der Waals surface area (Å²) in [5, 5.41) is -0.776. The van der Waals surface area contributed by atoms with Crippen LogP contribution in [0.4, 0.5) is 0 Å². The third-order valence-electron chi connectivity index (χ3n) is 6.50. The van der Waals surface area contributed by atoms with Crippen LogP contribution < -0.4 is 0 Å². The first-order chi connectivity index (χ1) is 26.9. The lowest BCUT2D eigenvalue weighted by atomic mass is 9.85. The lowest BCUT2D eigenvalue weighted by molar-refractivity contribution is 0.669. The molecule has 0 radical (unpaired) electrons. The fraction of sp³-hybridized carbons (Fsp3) is 0. The minimum Gasteiger partial charge on any atom is -0.456 e. The Hall–Kier alpha value is -5.14.